The molecule has 0 amide bonds. The number of hydrogen-bond acceptors (Lipinski definition) is 1. The van der Waals surface area contributed by atoms with Crippen LogP contribution in [0.1, 0.15) is 38.0 Å². The van der Waals surface area contributed by atoms with Crippen LogP contribution in [0.2, 0.25) is 0 Å². The monoisotopic (exact) mass is 202 g/mol. The molecular weight excluding hydrogens is 184 g/mol. The second-order valence-corrected chi connectivity index (χ2v) is 4.49. The van der Waals surface area contributed by atoms with Crippen molar-refractivity contribution in [1.29, 1.82) is 0 Å². The lowest BCUT2D eigenvalue weighted by atomic mass is 10.1. The van der Waals surface area contributed by atoms with Crippen molar-refractivity contribution in [3.63, 3.8) is 0 Å². The van der Waals surface area contributed by atoms with Gasteiger partial charge in [0.25, 0.3) is 0 Å². The van der Waals surface area contributed by atoms with Crippen molar-refractivity contribution in [3.05, 3.63) is 41.5 Å². The molecule has 0 heterocycles. The largest absolute Gasteiger partial charge is 0.366 e. The lowest BCUT2D eigenvalue weighted by Gasteiger charge is -2.21. The van der Waals surface area contributed by atoms with Crippen molar-refractivity contribution in [3.8, 4) is 0 Å². The van der Waals surface area contributed by atoms with E-state index in [2.05, 4.69) is 57.2 Å². The maximum Gasteiger partial charge on any atom is 0.102 e. The number of rotatable bonds is 3. The van der Waals surface area contributed by atoms with Gasteiger partial charge in [-0.1, -0.05) is 50.3 Å². The molecule has 0 aliphatic heterocycles. The fourth-order valence-electron chi connectivity index (χ4n) is 1.72. The van der Waals surface area contributed by atoms with Gasteiger partial charge in [-0.2, -0.15) is 0 Å². The lowest BCUT2D eigenvalue weighted by Crippen LogP contribution is -2.17. The molecule has 0 saturated carbocycles. The van der Waals surface area contributed by atoms with Crippen molar-refractivity contribution in [1.82, 2.24) is 0 Å². The fraction of sp³-hybridized carbons (Fsp3) is 0.429. The molecule has 1 aliphatic carbocycles. The van der Waals surface area contributed by atoms with Crippen LogP contribution in [-0.4, -0.2) is 6.10 Å². The summed E-state index contributed by atoms with van der Waals surface area (Å²) in [5.41, 5.74) is 2.59. The molecule has 0 aromatic heterocycles. The van der Waals surface area contributed by atoms with Gasteiger partial charge < -0.3 is 4.74 Å². The maximum atomic E-state index is 6.01. The van der Waals surface area contributed by atoms with E-state index in [4.69, 9.17) is 4.74 Å². The molecule has 0 radical (unpaired) electrons. The lowest BCUT2D eigenvalue weighted by molar-refractivity contribution is -0.00129. The molecule has 0 spiro atoms. The van der Waals surface area contributed by atoms with Crippen LogP contribution in [-0.2, 0) is 4.74 Å². The maximum absolute atomic E-state index is 6.01. The smallest absolute Gasteiger partial charge is 0.102 e. The molecule has 0 fully saturated rings. The third kappa shape index (κ3) is 2.13. The predicted octanol–water partition coefficient (Wildman–Crippen LogP) is 3.82. The van der Waals surface area contributed by atoms with Crippen LogP contribution in [0.4, 0.5) is 0 Å². The molecule has 2 unspecified atom stereocenters. The fourth-order valence-corrected chi connectivity index (χ4v) is 1.72. The van der Waals surface area contributed by atoms with Gasteiger partial charge in [-0.15, -0.1) is 0 Å². The van der Waals surface area contributed by atoms with Crippen molar-refractivity contribution >= 4 is 6.08 Å². The molecule has 2 rings (SSSR count). The van der Waals surface area contributed by atoms with Gasteiger partial charge in [0.15, 0.2) is 0 Å². The molecule has 0 saturated heterocycles. The Morgan fingerprint density at radius 1 is 1.13 bits per heavy atom. The van der Waals surface area contributed by atoms with E-state index in [0.717, 1.165) is 0 Å². The molecule has 15 heavy (non-hydrogen) atoms. The third-order valence-electron chi connectivity index (χ3n) is 3.05. The molecule has 1 aliphatic rings. The van der Waals surface area contributed by atoms with Gasteiger partial charge in [0, 0.05) is 0 Å². The number of fused-ring (bicyclic) bond motifs is 1. The van der Waals surface area contributed by atoms with E-state index >= 15 is 0 Å². The highest BCUT2D eigenvalue weighted by atomic mass is 16.5. The van der Waals surface area contributed by atoms with Crippen LogP contribution in [0, 0.1) is 5.92 Å². The second-order valence-electron chi connectivity index (χ2n) is 4.49. The van der Waals surface area contributed by atoms with Crippen LogP contribution in [0.25, 0.3) is 6.08 Å². The summed E-state index contributed by atoms with van der Waals surface area (Å²) >= 11 is 0. The first-order valence-corrected chi connectivity index (χ1v) is 5.61. The molecule has 1 heteroatoms. The summed E-state index contributed by atoms with van der Waals surface area (Å²) in [7, 11) is 0. The molecule has 1 nitrogen and oxygen atoms in total. The summed E-state index contributed by atoms with van der Waals surface area (Å²) in [6.07, 6.45) is 4.74. The van der Waals surface area contributed by atoms with Crippen LogP contribution in [0.15, 0.2) is 30.3 Å². The first kappa shape index (κ1) is 10.4. The summed E-state index contributed by atoms with van der Waals surface area (Å²) < 4.78 is 6.01. The molecule has 1 aromatic carbocycles. The zero-order chi connectivity index (χ0) is 10.8. The van der Waals surface area contributed by atoms with Gasteiger partial charge in [-0.25, -0.2) is 0 Å². The zero-order valence-electron chi connectivity index (χ0n) is 9.60. The van der Waals surface area contributed by atoms with E-state index in [9.17, 15) is 0 Å². The van der Waals surface area contributed by atoms with E-state index in [1.165, 1.54) is 11.1 Å². The number of benzene rings is 1. The Balaban J connectivity index is 2.11. The first-order valence-electron chi connectivity index (χ1n) is 5.61. The first-order chi connectivity index (χ1) is 7.18. The van der Waals surface area contributed by atoms with Crippen molar-refractivity contribution in [2.45, 2.75) is 33.0 Å². The van der Waals surface area contributed by atoms with Crippen LogP contribution < -0.4 is 0 Å². The molecule has 0 bridgehead atoms. The molecule has 80 valence electrons. The van der Waals surface area contributed by atoms with Gasteiger partial charge in [-0.3, -0.25) is 0 Å². The zero-order valence-corrected chi connectivity index (χ0v) is 9.60. The highest BCUT2D eigenvalue weighted by Crippen LogP contribution is 2.32. The van der Waals surface area contributed by atoms with Crippen molar-refractivity contribution < 1.29 is 4.74 Å². The molecule has 0 N–H and O–H groups in total. The summed E-state index contributed by atoms with van der Waals surface area (Å²) in [4.78, 5) is 0. The Morgan fingerprint density at radius 2 is 1.87 bits per heavy atom. The van der Waals surface area contributed by atoms with Crippen molar-refractivity contribution in [2.24, 2.45) is 5.92 Å². The van der Waals surface area contributed by atoms with Crippen LogP contribution >= 0.6 is 0 Å². The Kier molecular flexibility index (Phi) is 2.92. The normalized spacial score (nSPS) is 20.7. The average molecular weight is 202 g/mol. The highest BCUT2D eigenvalue weighted by molar-refractivity contribution is 5.61. The predicted molar refractivity (Wildman–Crippen MR) is 63.6 cm³/mol. The highest BCUT2D eigenvalue weighted by Gasteiger charge is 2.20. The number of hydrogen-bond donors (Lipinski definition) is 0. The molecule has 2 atom stereocenters. The van der Waals surface area contributed by atoms with E-state index in [0.29, 0.717) is 12.0 Å². The minimum atomic E-state index is 0.151. The third-order valence-corrected chi connectivity index (χ3v) is 3.05. The summed E-state index contributed by atoms with van der Waals surface area (Å²) in [5, 5.41) is 0. The van der Waals surface area contributed by atoms with E-state index in [1.807, 2.05) is 0 Å². The number of ether oxygens (including phenoxy) is 1. The quantitative estimate of drug-likeness (QED) is 0.724. The van der Waals surface area contributed by atoms with Gasteiger partial charge in [0.2, 0.25) is 0 Å². The van der Waals surface area contributed by atoms with Crippen LogP contribution in [0.5, 0.6) is 0 Å². The summed E-state index contributed by atoms with van der Waals surface area (Å²) in [6.45, 7) is 6.52. The van der Waals surface area contributed by atoms with Gasteiger partial charge in [-0.05, 0) is 24.0 Å². The standard InChI is InChI=1S/C14H18O/c1-10(2)11(3)15-14-9-8-12-6-4-5-7-13(12)14/h4-11,14H,1-3H3. The minimum absolute atomic E-state index is 0.151. The Hall–Kier alpha value is -1.08. The summed E-state index contributed by atoms with van der Waals surface area (Å²) in [5.74, 6) is 0.561. The van der Waals surface area contributed by atoms with Gasteiger partial charge in [0.05, 0.1) is 6.10 Å². The average Bonchev–Trinajstić information content (AvgIpc) is 2.62. The Labute approximate surface area is 91.8 Å². The van der Waals surface area contributed by atoms with E-state index < -0.39 is 0 Å². The van der Waals surface area contributed by atoms with E-state index in [1.54, 1.807) is 0 Å². The van der Waals surface area contributed by atoms with Gasteiger partial charge in [0.1, 0.15) is 6.10 Å². The molecular formula is C14H18O. The Bertz CT molecular complexity index is 365. The Morgan fingerprint density at radius 3 is 2.60 bits per heavy atom. The SMILES string of the molecule is CC(C)C(C)OC1C=Cc2ccccc21. The van der Waals surface area contributed by atoms with Gasteiger partial charge >= 0.3 is 0 Å². The second kappa shape index (κ2) is 4.19. The molecule has 1 aromatic rings. The van der Waals surface area contributed by atoms with Crippen molar-refractivity contribution in [2.75, 3.05) is 0 Å². The summed E-state index contributed by atoms with van der Waals surface area (Å²) in [6, 6.07) is 8.42. The van der Waals surface area contributed by atoms with E-state index in [-0.39, 0.29) is 6.10 Å². The van der Waals surface area contributed by atoms with Crippen LogP contribution in [0.3, 0.4) is 0 Å². The minimum Gasteiger partial charge on any atom is -0.366 e. The topological polar surface area (TPSA) is 9.23 Å².